The number of carbonyl (C=O) groups is 4. The minimum Gasteiger partial charge on any atom is -0.444 e. The van der Waals surface area contributed by atoms with Gasteiger partial charge in [0.15, 0.2) is 0 Å². The predicted molar refractivity (Wildman–Crippen MR) is 319 cm³/mol. The number of likely N-dealkylation sites (tertiary alicyclic amines) is 2. The van der Waals surface area contributed by atoms with E-state index in [9.17, 15) is 23.6 Å². The van der Waals surface area contributed by atoms with Gasteiger partial charge in [-0.05, 0) is 191 Å². The molecule has 6 aliphatic carbocycles. The minimum absolute atomic E-state index is 0.0399. The van der Waals surface area contributed by atoms with Crippen LogP contribution < -0.4 is 10.6 Å². The van der Waals surface area contributed by atoms with Crippen molar-refractivity contribution in [3.05, 3.63) is 107 Å². The lowest BCUT2D eigenvalue weighted by Crippen LogP contribution is -2.54. The number of aromatic amines is 2. The number of ether oxygens (including phenoxy) is 2. The molecule has 4 aromatic carbocycles. The summed E-state index contributed by atoms with van der Waals surface area (Å²) in [5.41, 5.74) is 11.3. The van der Waals surface area contributed by atoms with Crippen molar-refractivity contribution in [1.82, 2.24) is 40.4 Å². The van der Waals surface area contributed by atoms with Gasteiger partial charge >= 0.3 is 12.2 Å². The van der Waals surface area contributed by atoms with E-state index in [2.05, 4.69) is 98.3 Å². The number of benzene rings is 4. The van der Waals surface area contributed by atoms with E-state index in [-0.39, 0.29) is 47.8 Å². The molecule has 6 aromatic rings. The molecule has 8 aliphatic rings. The van der Waals surface area contributed by atoms with Gasteiger partial charge in [0.2, 0.25) is 11.8 Å². The summed E-state index contributed by atoms with van der Waals surface area (Å²) in [6, 6.07) is 25.0. The maximum absolute atomic E-state index is 14.8. The number of H-pyrrole nitrogens is 2. The topological polar surface area (TPSA) is 175 Å². The van der Waals surface area contributed by atoms with E-state index in [1.165, 1.54) is 47.2 Å². The molecule has 2 saturated heterocycles. The maximum Gasteiger partial charge on any atom is 0.408 e. The minimum atomic E-state index is -1.30. The third-order valence-corrected chi connectivity index (χ3v) is 19.0. The lowest BCUT2D eigenvalue weighted by atomic mass is 9.84. The Kier molecular flexibility index (Phi) is 16.1. The van der Waals surface area contributed by atoms with Crippen molar-refractivity contribution in [3.63, 3.8) is 0 Å². The number of hydrogen-bond acceptors (Lipinski definition) is 8. The fourth-order valence-electron chi connectivity index (χ4n) is 14.1. The SMILES string of the molecule is CCC(C)(C)OC(=O)N[C@H](C(=O)N1[C@H](c2nc3cc(-c4cc5ccc4CCc4ccc(c(-c6ccc7[nH]c([C@@H]8C[C@@H]9CCCC[C@@H]9N8C(=O)[C@@H](NC(=O)OC(C)(C)CF)C(C)C)nc7c6)c4)CC5)ccc3[nH]2)C[C@@H]2CCCC[C@@H]21)C(C)C. The Bertz CT molecular complexity index is 3140. The molecule has 2 aliphatic heterocycles. The molecule has 4 fully saturated rings. The molecule has 2 aromatic heterocycles. The van der Waals surface area contributed by atoms with Gasteiger partial charge in [0, 0.05) is 12.1 Å². The summed E-state index contributed by atoms with van der Waals surface area (Å²) < 4.78 is 24.8. The van der Waals surface area contributed by atoms with Gasteiger partial charge in [-0.15, -0.1) is 0 Å². The molecule has 14 nitrogen and oxygen atoms in total. The number of nitrogens with zero attached hydrogens (tertiary/aromatic N) is 4. The van der Waals surface area contributed by atoms with Gasteiger partial charge in [0.25, 0.3) is 0 Å². The third-order valence-electron chi connectivity index (χ3n) is 19.0. The van der Waals surface area contributed by atoms with Crippen LogP contribution in [-0.2, 0) is 44.7 Å². The van der Waals surface area contributed by atoms with Crippen LogP contribution in [0.4, 0.5) is 14.0 Å². The predicted octanol–water partition coefficient (Wildman–Crippen LogP) is 13.8. The van der Waals surface area contributed by atoms with E-state index in [1.807, 2.05) is 53.4 Å². The molecule has 0 unspecified atom stereocenters. The molecule has 15 heteroatoms. The van der Waals surface area contributed by atoms with Crippen molar-refractivity contribution in [2.75, 3.05) is 6.67 Å². The first-order valence-corrected chi connectivity index (χ1v) is 30.7. The van der Waals surface area contributed by atoms with Crippen molar-refractivity contribution in [3.8, 4) is 22.3 Å². The van der Waals surface area contributed by atoms with Crippen molar-refractivity contribution in [2.45, 2.75) is 206 Å². The number of aryl methyl sites for hydroxylation is 4. The first-order chi connectivity index (χ1) is 39.3. The summed E-state index contributed by atoms with van der Waals surface area (Å²) in [7, 11) is 0. The first-order valence-electron chi connectivity index (χ1n) is 30.7. The van der Waals surface area contributed by atoms with Crippen LogP contribution in [0.25, 0.3) is 44.3 Å². The van der Waals surface area contributed by atoms with E-state index in [0.717, 1.165) is 135 Å². The Morgan fingerprint density at radius 3 is 1.44 bits per heavy atom. The zero-order valence-corrected chi connectivity index (χ0v) is 49.6. The molecule has 4 bridgehead atoms. The van der Waals surface area contributed by atoms with Gasteiger partial charge in [-0.2, -0.15) is 0 Å². The number of carbonyl (C=O) groups excluding carboxylic acids is 4. The van der Waals surface area contributed by atoms with Crippen LogP contribution in [0.3, 0.4) is 0 Å². The Labute approximate surface area is 482 Å². The fraction of sp³-hybridized carbons (Fsp3) is 0.552. The Morgan fingerprint density at radius 2 is 1.02 bits per heavy atom. The van der Waals surface area contributed by atoms with Gasteiger partial charge < -0.3 is 39.9 Å². The zero-order valence-electron chi connectivity index (χ0n) is 49.6. The molecule has 8 atom stereocenters. The van der Waals surface area contributed by atoms with E-state index >= 15 is 0 Å². The fourth-order valence-corrected chi connectivity index (χ4v) is 14.1. The molecule has 2 saturated carbocycles. The molecular formula is C67H85FN8O6. The summed E-state index contributed by atoms with van der Waals surface area (Å²) in [5, 5.41) is 5.80. The second-order valence-corrected chi connectivity index (χ2v) is 26.4. The number of aromatic nitrogens is 4. The summed E-state index contributed by atoms with van der Waals surface area (Å²) >= 11 is 0. The lowest BCUT2D eigenvalue weighted by molar-refractivity contribution is -0.139. The van der Waals surface area contributed by atoms with Crippen molar-refractivity contribution < 1.29 is 33.0 Å². The van der Waals surface area contributed by atoms with Crippen LogP contribution in [0, 0.1) is 23.7 Å². The highest BCUT2D eigenvalue weighted by Gasteiger charge is 2.50. The summed E-state index contributed by atoms with van der Waals surface area (Å²) in [5.74, 6) is 1.67. The summed E-state index contributed by atoms with van der Waals surface area (Å²) in [4.78, 5) is 77.8. The molecular weight excluding hydrogens is 1030 g/mol. The van der Waals surface area contributed by atoms with Crippen LogP contribution >= 0.6 is 0 Å². The normalized spacial score (nSPS) is 22.7. The molecule has 82 heavy (non-hydrogen) atoms. The Hall–Kier alpha value is -6.77. The molecule has 14 rings (SSSR count). The molecule has 4 amide bonds. The number of amides is 4. The number of hydrogen-bond donors (Lipinski definition) is 4. The van der Waals surface area contributed by atoms with Gasteiger partial charge in [-0.3, -0.25) is 9.59 Å². The van der Waals surface area contributed by atoms with Gasteiger partial charge in [-0.1, -0.05) is 109 Å². The molecule has 4 N–H and O–H groups in total. The molecule has 436 valence electrons. The van der Waals surface area contributed by atoms with Crippen LogP contribution in [0.15, 0.2) is 72.8 Å². The highest BCUT2D eigenvalue weighted by Crippen LogP contribution is 2.48. The molecule has 0 spiro atoms. The van der Waals surface area contributed by atoms with Gasteiger partial charge in [-0.25, -0.2) is 23.9 Å². The number of halogens is 1. The lowest BCUT2D eigenvalue weighted by Gasteiger charge is -2.37. The van der Waals surface area contributed by atoms with Crippen LogP contribution in [0.2, 0.25) is 0 Å². The highest BCUT2D eigenvalue weighted by molar-refractivity contribution is 5.89. The average Bonchev–Trinajstić information content (AvgIpc) is 3.88. The zero-order chi connectivity index (χ0) is 57.8. The Balaban J connectivity index is 0.830. The monoisotopic (exact) mass is 1120 g/mol. The highest BCUT2D eigenvalue weighted by atomic mass is 19.1. The second-order valence-electron chi connectivity index (χ2n) is 26.4. The average molecular weight is 1120 g/mol. The number of fused-ring (bicyclic) bond motifs is 4. The van der Waals surface area contributed by atoms with Crippen LogP contribution in [0.5, 0.6) is 0 Å². The maximum atomic E-state index is 14.8. The number of imidazole rings is 2. The van der Waals surface area contributed by atoms with Crippen molar-refractivity contribution >= 4 is 46.1 Å². The smallest absolute Gasteiger partial charge is 0.408 e. The largest absolute Gasteiger partial charge is 0.444 e. The quantitative estimate of drug-likeness (QED) is 0.0834. The van der Waals surface area contributed by atoms with Gasteiger partial charge in [0.1, 0.15) is 41.6 Å². The summed E-state index contributed by atoms with van der Waals surface area (Å²) in [6.07, 6.45) is 12.7. The van der Waals surface area contributed by atoms with Crippen LogP contribution in [0.1, 0.15) is 179 Å². The van der Waals surface area contributed by atoms with E-state index < -0.39 is 42.1 Å². The number of alkyl halides is 1. The molecule has 0 radical (unpaired) electrons. The van der Waals surface area contributed by atoms with E-state index in [1.54, 1.807) is 0 Å². The number of rotatable bonds is 14. The van der Waals surface area contributed by atoms with E-state index in [0.29, 0.717) is 18.3 Å². The van der Waals surface area contributed by atoms with E-state index in [4.69, 9.17) is 19.4 Å². The first kappa shape index (κ1) is 57.1. The standard InChI is InChI=1S/C67H85FN8O6/c1-10-66(6,7)81-64(79)73-58(38(2)3)62(77)75-54-17-13-11-15-46(54)35-56(75)60-69-50-29-27-44(33-52(50)71-60)48-31-40-19-23-42(48)24-20-41-22-26-43(25-21-40)49(32-41)45-28-30-51-53(34-45)72-61(70-51)57-36-47-16-12-14-18-55(47)76(57)63(78)59(39(4)5)74-65(80)82-67(8,9)37-68/h19,22-23,26-34,38-39,46-47,54-59H,10-18,20-21,24-25,35-37H2,1-9H3,(H,69,71)(H,70,72)(H,73,79)(H,74,80)/t46-,47-,54-,55-,56-,57-,58-,59-/m0/s1. The number of nitrogens with one attached hydrogen (secondary N) is 4. The number of alkyl carbamates (subject to hydrolysis) is 2. The van der Waals surface area contributed by atoms with Crippen LogP contribution in [-0.4, -0.2) is 95.8 Å². The van der Waals surface area contributed by atoms with Gasteiger partial charge in [0.05, 0.1) is 34.2 Å². The van der Waals surface area contributed by atoms with Crippen molar-refractivity contribution in [1.29, 1.82) is 0 Å². The summed E-state index contributed by atoms with van der Waals surface area (Å²) in [6.45, 7) is 15.7. The second kappa shape index (κ2) is 23.1. The van der Waals surface area contributed by atoms with Crippen molar-refractivity contribution in [2.24, 2.45) is 23.7 Å². The third kappa shape index (κ3) is 11.6. The Morgan fingerprint density at radius 1 is 0.598 bits per heavy atom. The molecule has 4 heterocycles.